The average Bonchev–Trinajstić information content (AvgIpc) is 2.52. The van der Waals surface area contributed by atoms with Crippen LogP contribution in [0.3, 0.4) is 0 Å². The molecule has 0 unspecified atom stereocenters. The van der Waals surface area contributed by atoms with Gasteiger partial charge in [-0.3, -0.25) is 9.59 Å². The van der Waals surface area contributed by atoms with Crippen molar-refractivity contribution in [3.05, 3.63) is 41.0 Å². The molecule has 12 heteroatoms. The van der Waals surface area contributed by atoms with Gasteiger partial charge in [0.2, 0.25) is 11.8 Å². The van der Waals surface area contributed by atoms with Crippen LogP contribution in [0, 0.1) is 0 Å². The van der Waals surface area contributed by atoms with Gasteiger partial charge in [0.1, 0.15) is 12.1 Å². The van der Waals surface area contributed by atoms with Gasteiger partial charge in [0.05, 0.1) is 4.90 Å². The number of halogens is 1. The third-order valence-electron chi connectivity index (χ3n) is 2.76. The Balaban J connectivity index is 2.18. The molecule has 0 radical (unpaired) electrons. The molecule has 0 fully saturated rings. The van der Waals surface area contributed by atoms with Gasteiger partial charge in [0, 0.05) is 11.2 Å². The van der Waals surface area contributed by atoms with Crippen molar-refractivity contribution in [2.75, 3.05) is 11.3 Å². The molecule has 2 rings (SSSR count). The van der Waals surface area contributed by atoms with E-state index in [1.54, 1.807) is 0 Å². The number of carboxylic acid groups (broad SMARTS) is 1. The van der Waals surface area contributed by atoms with Crippen molar-refractivity contribution in [1.29, 1.82) is 0 Å². The molecular weight excluding hydrogens is 376 g/mol. The second-order valence-electron chi connectivity index (χ2n) is 4.57. The van der Waals surface area contributed by atoms with Gasteiger partial charge in [0.15, 0.2) is 0 Å². The number of nitrogens with one attached hydrogen (secondary N) is 2. The largest absolute Gasteiger partial charge is 0.493 e. The number of hydrogen-bond acceptors (Lipinski definition) is 7. The molecule has 10 nitrogen and oxygen atoms in total. The van der Waals surface area contributed by atoms with Crippen LogP contribution in [-0.2, 0) is 14.8 Å². The lowest BCUT2D eigenvalue weighted by Crippen LogP contribution is -2.29. The summed E-state index contributed by atoms with van der Waals surface area (Å²) in [6, 6.07) is 5.28. The summed E-state index contributed by atoms with van der Waals surface area (Å²) >= 11 is 5.69. The number of aromatic hydroxyl groups is 1. The minimum Gasteiger partial charge on any atom is -0.493 e. The summed E-state index contributed by atoms with van der Waals surface area (Å²) in [5, 5.41) is 20.6. The van der Waals surface area contributed by atoms with Crippen LogP contribution in [0.15, 0.2) is 35.4 Å². The van der Waals surface area contributed by atoms with E-state index in [0.29, 0.717) is 5.02 Å². The second-order valence-corrected chi connectivity index (χ2v) is 6.69. The average molecular weight is 387 g/mol. The Bertz CT molecular complexity index is 917. The van der Waals surface area contributed by atoms with Gasteiger partial charge in [0.25, 0.3) is 15.9 Å². The first-order valence-corrected chi connectivity index (χ1v) is 8.39. The Hall–Kier alpha value is -2.92. The Kier molecular flexibility index (Phi) is 5.39. The molecule has 0 saturated carbocycles. The lowest BCUT2D eigenvalue weighted by Gasteiger charge is -2.08. The maximum Gasteiger partial charge on any atom is 0.322 e. The smallest absolute Gasteiger partial charge is 0.322 e. The molecule has 1 heterocycles. The van der Waals surface area contributed by atoms with Crippen LogP contribution >= 0.6 is 11.6 Å². The monoisotopic (exact) mass is 386 g/mol. The number of aromatic nitrogens is 2. The minimum atomic E-state index is -4.02. The maximum atomic E-state index is 12.2. The molecule has 0 spiro atoms. The van der Waals surface area contributed by atoms with E-state index in [-0.39, 0.29) is 4.90 Å². The summed E-state index contributed by atoms with van der Waals surface area (Å²) in [4.78, 5) is 29.0. The lowest BCUT2D eigenvalue weighted by molar-refractivity contribution is -0.135. The van der Waals surface area contributed by atoms with Crippen molar-refractivity contribution >= 4 is 39.4 Å². The SMILES string of the molecule is O=C(O)CNC(=O)c1cnc(NS(=O)(=O)c2ccc(Cl)cc2)nc1O. The number of benzene rings is 1. The zero-order valence-electron chi connectivity index (χ0n) is 12.3. The zero-order valence-corrected chi connectivity index (χ0v) is 13.9. The van der Waals surface area contributed by atoms with Gasteiger partial charge in [-0.15, -0.1) is 0 Å². The molecular formula is C13H11ClN4O6S. The molecule has 1 aromatic heterocycles. The number of rotatable bonds is 6. The fraction of sp³-hybridized carbons (Fsp3) is 0.0769. The molecule has 0 aliphatic carbocycles. The highest BCUT2D eigenvalue weighted by Crippen LogP contribution is 2.19. The summed E-state index contributed by atoms with van der Waals surface area (Å²) in [5.74, 6) is -3.48. The van der Waals surface area contributed by atoms with Gasteiger partial charge in [-0.05, 0) is 24.3 Å². The van der Waals surface area contributed by atoms with Gasteiger partial charge < -0.3 is 15.5 Å². The van der Waals surface area contributed by atoms with E-state index in [9.17, 15) is 23.1 Å². The van der Waals surface area contributed by atoms with Crippen molar-refractivity contribution in [1.82, 2.24) is 15.3 Å². The molecule has 4 N–H and O–H groups in total. The molecule has 0 aliphatic heterocycles. The van der Waals surface area contributed by atoms with Crippen LogP contribution < -0.4 is 10.0 Å². The number of anilines is 1. The topological polar surface area (TPSA) is 159 Å². The van der Waals surface area contributed by atoms with Gasteiger partial charge in [-0.2, -0.15) is 4.98 Å². The van der Waals surface area contributed by atoms with Crippen LogP contribution in [0.25, 0.3) is 0 Å². The molecule has 132 valence electrons. The van der Waals surface area contributed by atoms with E-state index in [1.165, 1.54) is 24.3 Å². The van der Waals surface area contributed by atoms with Crippen molar-refractivity contribution in [3.63, 3.8) is 0 Å². The van der Waals surface area contributed by atoms with E-state index in [2.05, 4.69) is 9.97 Å². The number of sulfonamides is 1. The number of aliphatic carboxylic acids is 1. The third kappa shape index (κ3) is 4.78. The predicted octanol–water partition coefficient (Wildman–Crippen LogP) is 0.451. The highest BCUT2D eigenvalue weighted by atomic mass is 35.5. The fourth-order valence-corrected chi connectivity index (χ4v) is 2.70. The Morgan fingerprint density at radius 3 is 2.40 bits per heavy atom. The molecule has 0 bridgehead atoms. The summed E-state index contributed by atoms with van der Waals surface area (Å²) < 4.78 is 26.4. The highest BCUT2D eigenvalue weighted by Gasteiger charge is 2.19. The molecule has 1 amide bonds. The van der Waals surface area contributed by atoms with E-state index >= 15 is 0 Å². The number of carboxylic acids is 1. The van der Waals surface area contributed by atoms with E-state index in [4.69, 9.17) is 16.7 Å². The lowest BCUT2D eigenvalue weighted by atomic mass is 10.3. The summed E-state index contributed by atoms with van der Waals surface area (Å²) in [5.41, 5.74) is -0.407. The first-order valence-electron chi connectivity index (χ1n) is 6.53. The Morgan fingerprint density at radius 1 is 1.20 bits per heavy atom. The van der Waals surface area contributed by atoms with E-state index in [1.807, 2.05) is 10.0 Å². The van der Waals surface area contributed by atoms with Gasteiger partial charge >= 0.3 is 5.97 Å². The van der Waals surface area contributed by atoms with Crippen molar-refractivity contribution in [2.45, 2.75) is 4.90 Å². The summed E-state index contributed by atoms with van der Waals surface area (Å²) in [6.07, 6.45) is 0.860. The molecule has 0 aliphatic rings. The van der Waals surface area contributed by atoms with Crippen LogP contribution in [0.5, 0.6) is 5.88 Å². The number of nitrogens with zero attached hydrogens (tertiary/aromatic N) is 2. The predicted molar refractivity (Wildman–Crippen MR) is 85.9 cm³/mol. The number of hydrogen-bond donors (Lipinski definition) is 4. The molecule has 0 atom stereocenters. The van der Waals surface area contributed by atoms with Crippen LogP contribution in [0.2, 0.25) is 5.02 Å². The summed E-state index contributed by atoms with van der Waals surface area (Å²) in [7, 11) is -4.02. The quantitative estimate of drug-likeness (QED) is 0.556. The van der Waals surface area contributed by atoms with Crippen LogP contribution in [0.1, 0.15) is 10.4 Å². The number of amides is 1. The molecule has 0 saturated heterocycles. The normalized spacial score (nSPS) is 10.9. The minimum absolute atomic E-state index is 0.108. The first-order chi connectivity index (χ1) is 11.7. The molecule has 2 aromatic rings. The number of carbonyl (C=O) groups is 2. The standard InChI is InChI=1S/C13H11ClN4O6S/c14-7-1-3-8(4-2-7)25(23,24)18-13-16-5-9(12(22)17-13)11(21)15-6-10(19)20/h1-5H,6H2,(H,15,21)(H,19,20)(H2,16,17,18,22). The van der Waals surface area contributed by atoms with Crippen LogP contribution in [-0.4, -0.2) is 47.0 Å². The maximum absolute atomic E-state index is 12.2. The molecule has 25 heavy (non-hydrogen) atoms. The highest BCUT2D eigenvalue weighted by molar-refractivity contribution is 7.92. The number of carbonyl (C=O) groups excluding carboxylic acids is 1. The first kappa shape index (κ1) is 18.4. The van der Waals surface area contributed by atoms with Gasteiger partial charge in [-0.1, -0.05) is 11.6 Å². The van der Waals surface area contributed by atoms with E-state index < -0.39 is 45.8 Å². The van der Waals surface area contributed by atoms with Gasteiger partial charge in [-0.25, -0.2) is 18.1 Å². The van der Waals surface area contributed by atoms with Crippen molar-refractivity contribution in [3.8, 4) is 5.88 Å². The Morgan fingerprint density at radius 2 is 1.84 bits per heavy atom. The Labute approximate surface area is 146 Å². The third-order valence-corrected chi connectivity index (χ3v) is 4.36. The zero-order chi connectivity index (χ0) is 18.6. The van der Waals surface area contributed by atoms with Crippen molar-refractivity contribution < 1.29 is 28.2 Å². The summed E-state index contributed by atoms with van der Waals surface area (Å²) in [6.45, 7) is -0.663. The molecule has 1 aromatic carbocycles. The second kappa shape index (κ2) is 7.32. The van der Waals surface area contributed by atoms with E-state index in [0.717, 1.165) is 6.20 Å². The van der Waals surface area contributed by atoms with Crippen molar-refractivity contribution in [2.24, 2.45) is 0 Å². The fourth-order valence-electron chi connectivity index (χ4n) is 1.63. The van der Waals surface area contributed by atoms with Crippen LogP contribution in [0.4, 0.5) is 5.95 Å².